The number of nitrogens with zero attached hydrogens (tertiary/aromatic N) is 15. The van der Waals surface area contributed by atoms with Gasteiger partial charge in [0, 0.05) is 192 Å². The molecule has 0 bridgehead atoms. The number of nitrogens with one attached hydrogen (secondary N) is 3. The number of carbonyl (C=O) groups is 3. The molecule has 12 heterocycles. The summed E-state index contributed by atoms with van der Waals surface area (Å²) in [5.41, 5.74) is 22.3. The van der Waals surface area contributed by atoms with Crippen LogP contribution in [0.5, 0.6) is 0 Å². The molecule has 3 amide bonds. The van der Waals surface area contributed by atoms with Crippen LogP contribution in [0.4, 0.5) is 74.0 Å². The number of nitrogens with two attached hydrogens (primary N) is 3. The highest BCUT2D eigenvalue weighted by Gasteiger charge is 2.38. The number of amides is 3. The third kappa shape index (κ3) is 21.5. The minimum Gasteiger partial charge on any atom is -0.382 e. The fourth-order valence-corrected chi connectivity index (χ4v) is 13.8. The lowest BCUT2D eigenvalue weighted by Gasteiger charge is -2.34. The summed E-state index contributed by atoms with van der Waals surface area (Å²) in [6.45, 7) is 15.2. The molecule has 9 N–H and O–H groups in total. The van der Waals surface area contributed by atoms with Crippen molar-refractivity contribution in [3.63, 3.8) is 0 Å². The quantitative estimate of drug-likeness (QED) is 0.0461. The van der Waals surface area contributed by atoms with Crippen LogP contribution in [0.3, 0.4) is 0 Å². The summed E-state index contributed by atoms with van der Waals surface area (Å²) in [4.78, 5) is 83.0. The van der Waals surface area contributed by atoms with Crippen LogP contribution in [0.1, 0.15) is 116 Å². The first-order valence-electron chi connectivity index (χ1n) is 38.6. The minimum absolute atomic E-state index is 0.0174. The number of carbonyl (C=O) groups excluding carboxylic acids is 3. The van der Waals surface area contributed by atoms with Crippen LogP contribution in [0, 0.1) is 49.4 Å². The molecule has 25 nitrogen and oxygen atoms in total. The number of alkyl halides is 9. The molecule has 0 spiro atoms. The molecule has 0 saturated carbocycles. The number of rotatable bonds is 13. The predicted octanol–water partition coefficient (Wildman–Crippen LogP) is 12.5. The van der Waals surface area contributed by atoms with Crippen LogP contribution in [0.15, 0.2) is 159 Å². The van der Waals surface area contributed by atoms with E-state index in [0.29, 0.717) is 131 Å². The van der Waals surface area contributed by atoms with Gasteiger partial charge in [0.25, 0.3) is 17.7 Å². The van der Waals surface area contributed by atoms with Crippen LogP contribution >= 0.6 is 0 Å². The summed E-state index contributed by atoms with van der Waals surface area (Å²) in [7, 11) is 3.61. The lowest BCUT2D eigenvalue weighted by atomic mass is 10.0. The number of nitrogen functional groups attached to an aromatic ring is 3. The second kappa shape index (κ2) is 37.8. The number of anilines is 6. The number of fused-ring (bicyclic) bond motifs is 3. The fraction of sp³-hybridized carbons (Fsp3) is 0.273. The van der Waals surface area contributed by atoms with Crippen molar-refractivity contribution in [2.24, 2.45) is 7.05 Å². The van der Waals surface area contributed by atoms with E-state index >= 15 is 0 Å². The Morgan fingerprint density at radius 2 is 0.770 bits per heavy atom. The van der Waals surface area contributed by atoms with Crippen molar-refractivity contribution in [1.82, 2.24) is 74.2 Å². The number of hydrogen-bond acceptors (Lipinski definition) is 21. The molecule has 3 aliphatic heterocycles. The van der Waals surface area contributed by atoms with Crippen LogP contribution in [0.2, 0.25) is 0 Å². The van der Waals surface area contributed by atoms with Gasteiger partial charge in [-0.3, -0.25) is 58.7 Å². The third-order valence-electron chi connectivity index (χ3n) is 20.6. The fourth-order valence-electron chi connectivity index (χ4n) is 13.8. The van der Waals surface area contributed by atoms with Crippen molar-refractivity contribution in [2.75, 3.05) is 125 Å². The van der Waals surface area contributed by atoms with Crippen molar-refractivity contribution in [2.45, 2.75) is 58.9 Å². The van der Waals surface area contributed by atoms with Crippen LogP contribution in [-0.2, 0) is 49.9 Å². The van der Waals surface area contributed by atoms with Gasteiger partial charge >= 0.3 is 18.5 Å². The highest BCUT2D eigenvalue weighted by atomic mass is 19.4. The molecule has 3 fully saturated rings. The zero-order valence-corrected chi connectivity index (χ0v) is 66.8. The molecule has 34 heteroatoms. The maximum atomic E-state index is 14.0. The number of pyridine rings is 8. The molecule has 12 aromatic rings. The molecule has 0 atom stereocenters. The van der Waals surface area contributed by atoms with E-state index < -0.39 is 52.9 Å². The Hall–Kier alpha value is -13.5. The molecule has 3 aliphatic rings. The van der Waals surface area contributed by atoms with Crippen LogP contribution in [0.25, 0.3) is 32.7 Å². The summed E-state index contributed by atoms with van der Waals surface area (Å²) >= 11 is 0. The number of ether oxygens (including phenoxy) is 1. The molecule has 3 aromatic carbocycles. The van der Waals surface area contributed by atoms with Gasteiger partial charge in [-0.1, -0.05) is 54.7 Å². The standard InChI is InChI=1S/C31H30F3N7O.C29H25F3N6O2.C28H27F3N8O/c1-3-40-11-13-41(14-12-40)19-23-8-9-25(16-27(23)31(32,33)34)39-30(42)24-15-21(20(2)37-18-24)6-7-22-17-38-29(35)28-26(22)5-4-10-36-28;1-18-19(4-5-20-15-36-27(33)26-24(20)3-2-8-34-26)13-22(16-35-18)28(39)37-23-7-6-21(25(14-23)29(30,31)32)17-38-9-11-40-12-10-38;1-37-10-12-39(13-11-37)17-19-5-7-20(14-23(19)28(29,30)31)35-27(40)24-15-21(38(2)36-24)8-6-18-16-34-26(32)25-22(18)4-3-9-33-25/h4-5,8-10,15-18H,3,11-14,19H2,1-2H3,(H2,35,38)(H,39,42);2-3,6-8,13-16H,9-12,17H2,1H3,(H2,33,36)(H,37,39);3-5,7,9,14-16H,10-13,17H2,1-2H3,(H2,32,34)(H,35,40). The Morgan fingerprint density at radius 3 is 1.16 bits per heavy atom. The van der Waals surface area contributed by atoms with Gasteiger partial charge in [0.1, 0.15) is 39.7 Å². The average molecular weight is 1670 g/mol. The van der Waals surface area contributed by atoms with Crippen molar-refractivity contribution in [3.8, 4) is 35.5 Å². The number of hydrogen-bond donors (Lipinski definition) is 6. The average Bonchev–Trinajstić information content (AvgIpc) is 0.999. The van der Waals surface area contributed by atoms with Gasteiger partial charge in [0.05, 0.1) is 69.1 Å². The molecule has 122 heavy (non-hydrogen) atoms. The maximum absolute atomic E-state index is 14.0. The van der Waals surface area contributed by atoms with E-state index in [1.807, 2.05) is 39.9 Å². The first-order valence-corrected chi connectivity index (χ1v) is 38.6. The molecule has 0 unspecified atom stereocenters. The van der Waals surface area contributed by atoms with E-state index in [9.17, 15) is 53.9 Å². The molecule has 0 aliphatic carbocycles. The van der Waals surface area contributed by atoms with Crippen molar-refractivity contribution in [3.05, 3.63) is 254 Å². The van der Waals surface area contributed by atoms with Gasteiger partial charge in [0.2, 0.25) is 0 Å². The van der Waals surface area contributed by atoms with E-state index in [0.717, 1.165) is 67.1 Å². The van der Waals surface area contributed by atoms with Crippen molar-refractivity contribution < 1.29 is 58.6 Å². The number of likely N-dealkylation sites (N-methyl/N-ethyl adjacent to an activating group) is 2. The van der Waals surface area contributed by atoms with Crippen LogP contribution in [-0.4, -0.2) is 184 Å². The minimum atomic E-state index is -4.58. The Labute approximate surface area is 695 Å². The normalized spacial score (nSPS) is 14.3. The van der Waals surface area contributed by atoms with Gasteiger partial charge in [-0.25, -0.2) is 15.0 Å². The monoisotopic (exact) mass is 1670 g/mol. The lowest BCUT2D eigenvalue weighted by Crippen LogP contribution is -2.45. The highest BCUT2D eigenvalue weighted by Crippen LogP contribution is 2.39. The first kappa shape index (κ1) is 86.3. The smallest absolute Gasteiger partial charge is 0.382 e. The number of aryl methyl sites for hydroxylation is 3. The van der Waals surface area contributed by atoms with E-state index in [1.165, 1.54) is 59.5 Å². The van der Waals surface area contributed by atoms with E-state index in [-0.39, 0.29) is 70.2 Å². The molecule has 3 saturated heterocycles. The van der Waals surface area contributed by atoms with E-state index in [4.69, 9.17) is 21.9 Å². The molecule has 626 valence electrons. The largest absolute Gasteiger partial charge is 0.416 e. The predicted molar refractivity (Wildman–Crippen MR) is 445 cm³/mol. The number of aromatic nitrogens is 10. The first-order chi connectivity index (χ1) is 58.4. The van der Waals surface area contributed by atoms with Gasteiger partial charge < -0.3 is 47.7 Å². The summed E-state index contributed by atoms with van der Waals surface area (Å²) < 4.78 is 132. The van der Waals surface area contributed by atoms with Crippen LogP contribution < -0.4 is 33.2 Å². The summed E-state index contributed by atoms with van der Waals surface area (Å²) in [5.74, 6) is 17.1. The number of halogens is 9. The Morgan fingerprint density at radius 1 is 0.418 bits per heavy atom. The van der Waals surface area contributed by atoms with Gasteiger partial charge in [0.15, 0.2) is 5.69 Å². The zero-order valence-electron chi connectivity index (χ0n) is 66.8. The Balaban J connectivity index is 0.000000158. The SMILES string of the molecule is CCN1CCN(Cc2ccc(NC(=O)c3cnc(C)c(C#Cc4cnc(N)c5ncccc45)c3)cc2C(F)(F)F)CC1.CN1CCN(Cc2ccc(NC(=O)c3cc(C#Cc4cnc(N)c5ncccc45)n(C)n3)cc2C(F)(F)F)CC1.Cc1ncc(C(=O)Nc2ccc(CN3CCOCC3)c(C(F)(F)F)c2)cc1C#Cc1cnc(N)c2ncccc12. The third-order valence-corrected chi connectivity index (χ3v) is 20.6. The molecular weight excluding hydrogens is 1590 g/mol. The lowest BCUT2D eigenvalue weighted by molar-refractivity contribution is -0.139. The maximum Gasteiger partial charge on any atom is 0.416 e. The molecule has 0 radical (unpaired) electrons. The number of piperazine rings is 2. The van der Waals surface area contributed by atoms with Gasteiger partial charge in [-0.15, -0.1) is 0 Å². The molecule has 15 rings (SSSR count). The van der Waals surface area contributed by atoms with Gasteiger partial charge in [-0.05, 0) is 135 Å². The topological polar surface area (TPSA) is 312 Å². The summed E-state index contributed by atoms with van der Waals surface area (Å²) in [5, 5.41) is 14.1. The second-order valence-corrected chi connectivity index (χ2v) is 29.0. The van der Waals surface area contributed by atoms with E-state index in [1.54, 1.807) is 88.4 Å². The Bertz CT molecular complexity index is 6120. The second-order valence-electron chi connectivity index (χ2n) is 29.0. The molecule has 9 aromatic heterocycles. The number of benzene rings is 3. The zero-order chi connectivity index (χ0) is 86.6. The number of morpholine rings is 1. The van der Waals surface area contributed by atoms with Gasteiger partial charge in [-0.2, -0.15) is 44.6 Å². The van der Waals surface area contributed by atoms with E-state index in [2.05, 4.69) is 113 Å². The van der Waals surface area contributed by atoms with Crippen molar-refractivity contribution >= 4 is 84.9 Å². The molecular formula is C88H82F9N21O4. The summed E-state index contributed by atoms with van der Waals surface area (Å²) in [6.07, 6.45) is -1.48. The Kier molecular flexibility index (Phi) is 26.8. The summed E-state index contributed by atoms with van der Waals surface area (Å²) in [6, 6.07) is 27.0. The van der Waals surface area contributed by atoms with Crippen molar-refractivity contribution in [1.29, 1.82) is 0 Å². The highest BCUT2D eigenvalue weighted by molar-refractivity contribution is 6.06.